The van der Waals surface area contributed by atoms with E-state index in [1.807, 2.05) is 0 Å². The molecule has 0 saturated carbocycles. The zero-order valence-electron chi connectivity index (χ0n) is 19.6. The van der Waals surface area contributed by atoms with E-state index in [2.05, 4.69) is 5.32 Å². The number of nitrogens with zero attached hydrogens (tertiary/aromatic N) is 1. The second-order valence-corrected chi connectivity index (χ2v) is 9.25. The van der Waals surface area contributed by atoms with Crippen LogP contribution < -0.4 is 15.8 Å². The molecule has 0 atom stereocenters. The average Bonchev–Trinajstić information content (AvgIpc) is 2.82. The maximum Gasteiger partial charge on any atom is 0.343 e. The van der Waals surface area contributed by atoms with Gasteiger partial charge in [-0.1, -0.05) is 0 Å². The standard InChI is InChI=1S/C22H24N4O5.CH4O3S/c23-22(24)25-17-8-4-16(5-9-17)21(29)31-18-10-6-15(7-11-18)20(28)30-14-19(27)26-12-2-1-3-13-26;1-5(2,3)4/h4-11H,1-3,12-14H2,(H4,23,24,25);1H3,(H,2,3,4). The minimum atomic E-state index is -3.67. The minimum absolute atomic E-state index is 0.192. The highest BCUT2D eigenvalue weighted by atomic mass is 32.2. The number of likely N-dealkylation sites (tertiary alicyclic amines) is 1. The van der Waals surface area contributed by atoms with Crippen molar-refractivity contribution in [3.05, 3.63) is 59.7 Å². The predicted molar refractivity (Wildman–Crippen MR) is 132 cm³/mol. The molecule has 1 aliphatic heterocycles. The van der Waals surface area contributed by atoms with Gasteiger partial charge < -0.3 is 25.4 Å². The molecule has 13 heteroatoms. The summed E-state index contributed by atoms with van der Waals surface area (Å²) in [5.41, 5.74) is 6.40. The highest BCUT2D eigenvalue weighted by Crippen LogP contribution is 2.17. The number of nitrogens with two attached hydrogens (primary N) is 1. The predicted octanol–water partition coefficient (Wildman–Crippen LogP) is 1.88. The quantitative estimate of drug-likeness (QED) is 0.144. The topological polar surface area (TPSA) is 189 Å². The van der Waals surface area contributed by atoms with Crippen LogP contribution in [0, 0.1) is 5.41 Å². The van der Waals surface area contributed by atoms with E-state index >= 15 is 0 Å². The van der Waals surface area contributed by atoms with E-state index in [-0.39, 0.29) is 29.8 Å². The lowest BCUT2D eigenvalue weighted by atomic mass is 10.1. The molecule has 0 unspecified atom stereocenters. The third-order valence-electron chi connectivity index (χ3n) is 4.74. The van der Waals surface area contributed by atoms with E-state index in [0.29, 0.717) is 30.6 Å². The van der Waals surface area contributed by atoms with Crippen LogP contribution in [-0.4, -0.2) is 67.6 Å². The molecular weight excluding hydrogens is 492 g/mol. The number of piperidine rings is 1. The number of esters is 2. The molecule has 2 aromatic rings. The van der Waals surface area contributed by atoms with Crippen molar-refractivity contribution < 1.29 is 36.8 Å². The Morgan fingerprint density at radius 2 is 1.47 bits per heavy atom. The molecule has 0 radical (unpaired) electrons. The fraction of sp³-hybridized carbons (Fsp3) is 0.304. The van der Waals surface area contributed by atoms with Gasteiger partial charge in [-0.3, -0.25) is 14.8 Å². The van der Waals surface area contributed by atoms with Crippen molar-refractivity contribution in [3.63, 3.8) is 0 Å². The molecule has 1 fully saturated rings. The van der Waals surface area contributed by atoms with Gasteiger partial charge in [0.2, 0.25) is 0 Å². The van der Waals surface area contributed by atoms with Gasteiger partial charge in [0.05, 0.1) is 17.4 Å². The van der Waals surface area contributed by atoms with E-state index in [0.717, 1.165) is 19.3 Å². The summed E-state index contributed by atoms with van der Waals surface area (Å²) in [6.45, 7) is 1.11. The molecule has 0 aliphatic carbocycles. The van der Waals surface area contributed by atoms with Gasteiger partial charge in [-0.15, -0.1) is 0 Å². The van der Waals surface area contributed by atoms with Crippen LogP contribution in [0.2, 0.25) is 0 Å². The van der Waals surface area contributed by atoms with Gasteiger partial charge in [-0.25, -0.2) is 9.59 Å². The molecule has 0 bridgehead atoms. The van der Waals surface area contributed by atoms with Crippen LogP contribution in [-0.2, 0) is 19.6 Å². The van der Waals surface area contributed by atoms with E-state index in [9.17, 15) is 22.8 Å². The fourth-order valence-corrected chi connectivity index (χ4v) is 3.12. The molecule has 1 amide bonds. The van der Waals surface area contributed by atoms with Gasteiger partial charge in [0.15, 0.2) is 12.6 Å². The Morgan fingerprint density at radius 1 is 0.972 bits per heavy atom. The van der Waals surface area contributed by atoms with Crippen LogP contribution in [0.1, 0.15) is 40.0 Å². The summed E-state index contributed by atoms with van der Waals surface area (Å²) in [7, 11) is -3.67. The average molecular weight is 521 g/mol. The van der Waals surface area contributed by atoms with Crippen LogP contribution in [0.5, 0.6) is 5.75 Å². The number of guanidine groups is 1. The number of hydrogen-bond acceptors (Lipinski definition) is 8. The Bertz CT molecular complexity index is 1170. The Morgan fingerprint density at radius 3 is 2.00 bits per heavy atom. The molecule has 0 spiro atoms. The van der Waals surface area contributed by atoms with E-state index < -0.39 is 22.1 Å². The largest absolute Gasteiger partial charge is 0.452 e. The monoisotopic (exact) mass is 520 g/mol. The summed E-state index contributed by atoms with van der Waals surface area (Å²) < 4.78 is 36.3. The number of nitrogens with one attached hydrogen (secondary N) is 2. The molecule has 0 aromatic heterocycles. The molecule has 194 valence electrons. The molecule has 5 N–H and O–H groups in total. The zero-order valence-corrected chi connectivity index (χ0v) is 20.4. The smallest absolute Gasteiger partial charge is 0.343 e. The Kier molecular flexibility index (Phi) is 10.4. The first-order chi connectivity index (χ1) is 16.9. The molecular formula is C23H28N4O8S. The third kappa shape index (κ3) is 10.5. The van der Waals surface area contributed by atoms with Crippen molar-refractivity contribution in [1.29, 1.82) is 5.41 Å². The van der Waals surface area contributed by atoms with Crippen LogP contribution in [0.15, 0.2) is 48.5 Å². The number of rotatable bonds is 6. The lowest BCUT2D eigenvalue weighted by Crippen LogP contribution is -2.38. The van der Waals surface area contributed by atoms with Crippen LogP contribution in [0.4, 0.5) is 5.69 Å². The van der Waals surface area contributed by atoms with Crippen molar-refractivity contribution in [2.45, 2.75) is 19.3 Å². The molecule has 2 aromatic carbocycles. The van der Waals surface area contributed by atoms with Crippen molar-refractivity contribution in [3.8, 4) is 5.75 Å². The first-order valence-corrected chi connectivity index (χ1v) is 12.7. The second kappa shape index (κ2) is 13.2. The van der Waals surface area contributed by atoms with Crippen molar-refractivity contribution in [1.82, 2.24) is 4.90 Å². The number of benzene rings is 2. The first kappa shape index (κ1) is 28.3. The Balaban J connectivity index is 0.000000830. The number of ether oxygens (including phenoxy) is 2. The summed E-state index contributed by atoms with van der Waals surface area (Å²) >= 11 is 0. The summed E-state index contributed by atoms with van der Waals surface area (Å²) in [4.78, 5) is 38.2. The lowest BCUT2D eigenvalue weighted by Gasteiger charge is -2.26. The highest BCUT2D eigenvalue weighted by molar-refractivity contribution is 7.85. The van der Waals surface area contributed by atoms with Crippen molar-refractivity contribution >= 4 is 39.6 Å². The third-order valence-corrected chi connectivity index (χ3v) is 4.74. The minimum Gasteiger partial charge on any atom is -0.452 e. The van der Waals surface area contributed by atoms with Gasteiger partial charge in [-0.2, -0.15) is 8.42 Å². The molecule has 1 saturated heterocycles. The maximum atomic E-state index is 12.3. The summed E-state index contributed by atoms with van der Waals surface area (Å²) in [5, 5.41) is 9.80. The maximum absolute atomic E-state index is 12.3. The summed E-state index contributed by atoms with van der Waals surface area (Å²) in [5.74, 6) is -1.32. The fourth-order valence-electron chi connectivity index (χ4n) is 3.12. The number of carbonyl (C=O) groups excluding carboxylic acids is 3. The molecule has 1 heterocycles. The number of carbonyl (C=O) groups is 3. The molecule has 12 nitrogen and oxygen atoms in total. The van der Waals surface area contributed by atoms with Crippen LogP contribution in [0.3, 0.4) is 0 Å². The van der Waals surface area contributed by atoms with Gasteiger partial charge in [0.25, 0.3) is 16.0 Å². The van der Waals surface area contributed by atoms with Crippen molar-refractivity contribution in [2.75, 3.05) is 31.3 Å². The van der Waals surface area contributed by atoms with Gasteiger partial charge >= 0.3 is 11.9 Å². The molecule has 1 aliphatic rings. The number of anilines is 1. The second-order valence-electron chi connectivity index (χ2n) is 7.78. The van der Waals surface area contributed by atoms with Crippen LogP contribution in [0.25, 0.3) is 0 Å². The van der Waals surface area contributed by atoms with Crippen LogP contribution >= 0.6 is 0 Å². The summed E-state index contributed by atoms with van der Waals surface area (Å²) in [6.07, 6.45) is 3.77. The van der Waals surface area contributed by atoms with Gasteiger partial charge in [-0.05, 0) is 67.8 Å². The number of hydrogen-bond donors (Lipinski definition) is 4. The Hall–Kier alpha value is -3.97. The van der Waals surface area contributed by atoms with Gasteiger partial charge in [0.1, 0.15) is 5.75 Å². The first-order valence-electron chi connectivity index (χ1n) is 10.8. The van der Waals surface area contributed by atoms with Crippen molar-refractivity contribution in [2.24, 2.45) is 5.73 Å². The number of amides is 1. The van der Waals surface area contributed by atoms with E-state index in [1.165, 1.54) is 24.3 Å². The van der Waals surface area contributed by atoms with Gasteiger partial charge in [0, 0.05) is 18.8 Å². The SMILES string of the molecule is CS(=O)(=O)O.N=C(N)Nc1ccc(C(=O)Oc2ccc(C(=O)OCC(=O)N3CCCCC3)cc2)cc1. The zero-order chi connectivity index (χ0) is 26.7. The molecule has 3 rings (SSSR count). The highest BCUT2D eigenvalue weighted by Gasteiger charge is 2.18. The molecule has 36 heavy (non-hydrogen) atoms. The summed E-state index contributed by atoms with van der Waals surface area (Å²) in [6, 6.07) is 12.2. The van der Waals surface area contributed by atoms with E-state index in [4.69, 9.17) is 25.2 Å². The Labute approximate surface area is 208 Å². The van der Waals surface area contributed by atoms with E-state index in [1.54, 1.807) is 29.2 Å². The normalized spacial score (nSPS) is 13.0. The lowest BCUT2D eigenvalue weighted by molar-refractivity contribution is -0.135.